The van der Waals surface area contributed by atoms with Crippen LogP contribution in [0.15, 0.2) is 42.7 Å². The first-order valence-electron chi connectivity index (χ1n) is 14.7. The minimum atomic E-state index is 0.0442. The molecule has 1 aromatic carbocycles. The lowest BCUT2D eigenvalue weighted by Crippen LogP contribution is -2.33. The Balaban J connectivity index is 0.00000173. The molecule has 1 amide bonds. The van der Waals surface area contributed by atoms with Gasteiger partial charge in [-0.2, -0.15) is 0 Å². The Morgan fingerprint density at radius 2 is 1.67 bits per heavy atom. The van der Waals surface area contributed by atoms with E-state index in [-0.39, 0.29) is 5.91 Å². The minimum Gasteiger partial charge on any atom is -0.436 e. The molecule has 3 aromatic rings. The third-order valence-electron chi connectivity index (χ3n) is 7.90. The number of carbonyl (C=O) groups excluding carboxylic acids is 1. The number of hydrogen-bond donors (Lipinski definition) is 1. The number of piperidine rings is 1. The van der Waals surface area contributed by atoms with Crippen molar-refractivity contribution in [2.75, 3.05) is 51.2 Å². The summed E-state index contributed by atoms with van der Waals surface area (Å²) in [5, 5.41) is 4.16. The largest absolute Gasteiger partial charge is 0.436 e. The maximum atomic E-state index is 11.5. The van der Waals surface area contributed by atoms with Gasteiger partial charge in [0.1, 0.15) is 0 Å². The molecule has 3 fully saturated rings. The molecule has 2 atom stereocenters. The van der Waals surface area contributed by atoms with Crippen molar-refractivity contribution in [3.8, 4) is 22.9 Å². The predicted octanol–water partition coefficient (Wildman–Crippen LogP) is 5.37. The fraction of sp³-hybridized carbons (Fsp3) is 0.484. The number of nitrogens with zero attached hydrogens (tertiary/aromatic N) is 6. The number of aromatic nitrogens is 3. The summed E-state index contributed by atoms with van der Waals surface area (Å²) in [7, 11) is 2.14. The highest BCUT2D eigenvalue weighted by Crippen LogP contribution is 2.46. The van der Waals surface area contributed by atoms with Crippen LogP contribution in [-0.4, -0.2) is 83.0 Å². The summed E-state index contributed by atoms with van der Waals surface area (Å²) in [5.41, 5.74) is 2.61. The van der Waals surface area contributed by atoms with Gasteiger partial charge in [-0.05, 0) is 61.7 Å². The first-order chi connectivity index (χ1) is 20.3. The Bertz CT molecular complexity index is 1360. The zero-order chi connectivity index (χ0) is 29.8. The molecule has 2 saturated heterocycles. The summed E-state index contributed by atoms with van der Waals surface area (Å²) in [6.45, 7) is 12.1. The molecule has 1 N–H and O–H groups in total. The molecule has 6 rings (SSSR count). The average Bonchev–Trinajstić information content (AvgIpc) is 3.47. The van der Waals surface area contributed by atoms with E-state index in [1.165, 1.54) is 0 Å². The van der Waals surface area contributed by atoms with E-state index in [1.54, 1.807) is 25.4 Å². The lowest BCUT2D eigenvalue weighted by molar-refractivity contribution is -0.119. The van der Waals surface area contributed by atoms with Crippen LogP contribution >= 0.6 is 23.2 Å². The molecule has 9 nitrogen and oxygen atoms in total. The monoisotopic (exact) mass is 611 g/mol. The standard InChI is InChI=1S/C29H33Cl2N7O2.C2H6/c1-18(39)34-28-24-16-37(17-25(24)28)15-19-8-26(20-10-21(30)12-22(31)11-20)35-27(9-19)40-23-13-32-29(33-14-23)38-5-3-4-36(2)6-7-38;1-2/h8-14,24-25,28H,3-7,15-17H2,1-2H3,(H,34,39);1-2H3. The van der Waals surface area contributed by atoms with Crippen molar-refractivity contribution in [2.45, 2.75) is 39.8 Å². The fourth-order valence-corrected chi connectivity index (χ4v) is 6.42. The lowest BCUT2D eigenvalue weighted by atomic mass is 10.1. The van der Waals surface area contributed by atoms with E-state index in [2.05, 4.69) is 43.1 Å². The highest BCUT2D eigenvalue weighted by Gasteiger charge is 2.55. The number of amides is 1. The van der Waals surface area contributed by atoms with Crippen LogP contribution in [0.3, 0.4) is 0 Å². The van der Waals surface area contributed by atoms with Crippen LogP contribution in [0.2, 0.25) is 10.0 Å². The normalized spacial score (nSPS) is 22.0. The molecule has 1 aliphatic carbocycles. The summed E-state index contributed by atoms with van der Waals surface area (Å²) < 4.78 is 6.19. The van der Waals surface area contributed by atoms with Gasteiger partial charge in [-0.3, -0.25) is 9.69 Å². The Hall–Kier alpha value is -2.98. The Labute approximate surface area is 258 Å². The summed E-state index contributed by atoms with van der Waals surface area (Å²) >= 11 is 12.6. The number of likely N-dealkylation sites (tertiary alicyclic amines) is 1. The van der Waals surface area contributed by atoms with Crippen LogP contribution in [0.4, 0.5) is 5.95 Å². The predicted molar refractivity (Wildman–Crippen MR) is 167 cm³/mol. The van der Waals surface area contributed by atoms with E-state index in [9.17, 15) is 4.79 Å². The number of rotatable bonds is 7. The second kappa shape index (κ2) is 13.5. The van der Waals surface area contributed by atoms with Gasteiger partial charge >= 0.3 is 0 Å². The van der Waals surface area contributed by atoms with Gasteiger partial charge in [-0.15, -0.1) is 0 Å². The topological polar surface area (TPSA) is 86.7 Å². The second-order valence-corrected chi connectivity index (χ2v) is 11.9. The summed E-state index contributed by atoms with van der Waals surface area (Å²) in [4.78, 5) is 32.4. The van der Waals surface area contributed by atoms with Gasteiger partial charge in [-0.25, -0.2) is 15.0 Å². The smallest absolute Gasteiger partial charge is 0.225 e. The number of halogens is 2. The number of benzene rings is 1. The van der Waals surface area contributed by atoms with Crippen molar-refractivity contribution in [1.29, 1.82) is 0 Å². The third kappa shape index (κ3) is 7.50. The first-order valence-corrected chi connectivity index (χ1v) is 15.5. The zero-order valence-corrected chi connectivity index (χ0v) is 26.2. The van der Waals surface area contributed by atoms with Gasteiger partial charge in [0, 0.05) is 73.9 Å². The number of anilines is 1. The molecule has 0 radical (unpaired) electrons. The molecule has 0 bridgehead atoms. The number of pyridine rings is 1. The molecule has 42 heavy (non-hydrogen) atoms. The van der Waals surface area contributed by atoms with E-state index in [4.69, 9.17) is 32.9 Å². The maximum absolute atomic E-state index is 11.5. The van der Waals surface area contributed by atoms with Gasteiger partial charge in [-0.1, -0.05) is 37.0 Å². The van der Waals surface area contributed by atoms with E-state index in [0.717, 1.165) is 69.1 Å². The van der Waals surface area contributed by atoms with Crippen LogP contribution in [0.5, 0.6) is 11.6 Å². The van der Waals surface area contributed by atoms with Gasteiger partial charge in [0.25, 0.3) is 0 Å². The Kier molecular flexibility index (Phi) is 9.83. The molecule has 11 heteroatoms. The van der Waals surface area contributed by atoms with Crippen LogP contribution in [0, 0.1) is 11.8 Å². The van der Waals surface area contributed by atoms with Crippen molar-refractivity contribution < 1.29 is 9.53 Å². The Morgan fingerprint density at radius 1 is 0.976 bits per heavy atom. The number of ether oxygens (including phenoxy) is 1. The molecule has 1 saturated carbocycles. The Morgan fingerprint density at radius 3 is 2.33 bits per heavy atom. The number of hydrogen-bond acceptors (Lipinski definition) is 8. The van der Waals surface area contributed by atoms with Gasteiger partial charge in [0.15, 0.2) is 5.75 Å². The van der Waals surface area contributed by atoms with Crippen LogP contribution in [-0.2, 0) is 11.3 Å². The molecule has 0 spiro atoms. The van der Waals surface area contributed by atoms with E-state index < -0.39 is 0 Å². The summed E-state index contributed by atoms with van der Waals surface area (Å²) in [6, 6.07) is 9.74. The molecule has 3 aliphatic rings. The van der Waals surface area contributed by atoms with Crippen molar-refractivity contribution in [3.05, 3.63) is 58.3 Å². The number of likely N-dealkylation sites (N-methyl/N-ethyl adjacent to an activating group) is 1. The van der Waals surface area contributed by atoms with Gasteiger partial charge in [0.2, 0.25) is 17.7 Å². The molecule has 2 aliphatic heterocycles. The highest BCUT2D eigenvalue weighted by molar-refractivity contribution is 6.35. The van der Waals surface area contributed by atoms with Gasteiger partial charge < -0.3 is 19.9 Å². The molecule has 224 valence electrons. The van der Waals surface area contributed by atoms with E-state index in [0.29, 0.717) is 45.5 Å². The van der Waals surface area contributed by atoms with Crippen molar-refractivity contribution >= 4 is 35.1 Å². The van der Waals surface area contributed by atoms with Crippen molar-refractivity contribution in [1.82, 2.24) is 30.1 Å². The average molecular weight is 613 g/mol. The van der Waals surface area contributed by atoms with Crippen LogP contribution in [0.25, 0.3) is 11.3 Å². The van der Waals surface area contributed by atoms with E-state index >= 15 is 0 Å². The lowest BCUT2D eigenvalue weighted by Gasteiger charge is -2.21. The van der Waals surface area contributed by atoms with E-state index in [1.807, 2.05) is 32.0 Å². The number of nitrogens with one attached hydrogen (secondary N) is 1. The van der Waals surface area contributed by atoms with Crippen LogP contribution < -0.4 is 15.0 Å². The maximum Gasteiger partial charge on any atom is 0.225 e. The number of carbonyl (C=O) groups is 1. The summed E-state index contributed by atoms with van der Waals surface area (Å²) in [6.07, 6.45) is 4.49. The summed E-state index contributed by atoms with van der Waals surface area (Å²) in [5.74, 6) is 2.78. The minimum absolute atomic E-state index is 0.0442. The van der Waals surface area contributed by atoms with Crippen LogP contribution in [0.1, 0.15) is 32.8 Å². The quantitative estimate of drug-likeness (QED) is 0.381. The highest BCUT2D eigenvalue weighted by atomic mass is 35.5. The second-order valence-electron chi connectivity index (χ2n) is 11.1. The molecular formula is C31H39Cl2N7O2. The fourth-order valence-electron chi connectivity index (χ4n) is 5.89. The van der Waals surface area contributed by atoms with Crippen molar-refractivity contribution in [3.63, 3.8) is 0 Å². The molecule has 4 heterocycles. The molecular weight excluding hydrogens is 573 g/mol. The third-order valence-corrected chi connectivity index (χ3v) is 8.34. The molecule has 2 unspecified atom stereocenters. The van der Waals surface area contributed by atoms with Gasteiger partial charge in [0.05, 0.1) is 18.1 Å². The number of fused-ring (bicyclic) bond motifs is 1. The van der Waals surface area contributed by atoms with Crippen molar-refractivity contribution in [2.24, 2.45) is 11.8 Å². The zero-order valence-electron chi connectivity index (χ0n) is 24.7. The molecule has 2 aromatic heterocycles. The first kappa shape index (κ1) is 30.5. The SMILES string of the molecule is CC.CC(=O)NC1C2CN(Cc3cc(Oc4cnc(N5CCCN(C)CC5)nc4)nc(-c4cc(Cl)cc(Cl)c4)c3)CC21.